The molecular formula is C15H17N3OS. The largest absolute Gasteiger partial charge is 0.355 e. The smallest absolute Gasteiger partial charge is 0.233 e. The molecule has 1 amide bonds. The number of hydrogen-bond donors (Lipinski definition) is 1. The summed E-state index contributed by atoms with van der Waals surface area (Å²) in [6, 6.07) is 10.1. The molecule has 2 aromatic rings. The maximum atomic E-state index is 12.0. The van der Waals surface area contributed by atoms with Crippen molar-refractivity contribution in [1.82, 2.24) is 14.9 Å². The van der Waals surface area contributed by atoms with Crippen LogP contribution in [0.3, 0.4) is 0 Å². The summed E-state index contributed by atoms with van der Waals surface area (Å²) in [5.41, 5.74) is 1.07. The lowest BCUT2D eigenvalue weighted by Gasteiger charge is -2.13. The number of benzene rings is 1. The first-order valence-electron chi connectivity index (χ1n) is 6.88. The maximum absolute atomic E-state index is 12.0. The second kappa shape index (κ2) is 6.13. The van der Waals surface area contributed by atoms with Crippen molar-refractivity contribution in [3.05, 3.63) is 42.7 Å². The highest BCUT2D eigenvalue weighted by Gasteiger charge is 2.23. The Hall–Kier alpha value is -1.75. The average Bonchev–Trinajstić information content (AvgIpc) is 2.85. The fraction of sp³-hybridized carbons (Fsp3) is 0.333. The molecule has 1 aliphatic heterocycles. The van der Waals surface area contributed by atoms with E-state index in [1.807, 2.05) is 41.1 Å². The predicted octanol–water partition coefficient (Wildman–Crippen LogP) is 2.63. The number of carbonyl (C=O) groups excluding carboxylic acids is 1. The Morgan fingerprint density at radius 1 is 1.25 bits per heavy atom. The Balaban J connectivity index is 1.81. The Morgan fingerprint density at radius 3 is 2.95 bits per heavy atom. The molecule has 0 radical (unpaired) electrons. The van der Waals surface area contributed by atoms with Gasteiger partial charge in [0.1, 0.15) is 0 Å². The zero-order valence-corrected chi connectivity index (χ0v) is 12.0. The predicted molar refractivity (Wildman–Crippen MR) is 80.1 cm³/mol. The zero-order valence-electron chi connectivity index (χ0n) is 11.2. The third-order valence-corrected chi connectivity index (χ3v) is 4.62. The summed E-state index contributed by atoms with van der Waals surface area (Å²) in [6.07, 6.45) is 6.78. The van der Waals surface area contributed by atoms with Gasteiger partial charge in [0.05, 0.1) is 5.25 Å². The molecule has 3 rings (SSSR count). The minimum atomic E-state index is -0.0395. The van der Waals surface area contributed by atoms with Crippen LogP contribution in [0.5, 0.6) is 0 Å². The minimum Gasteiger partial charge on any atom is -0.355 e. The van der Waals surface area contributed by atoms with E-state index in [2.05, 4.69) is 10.3 Å². The lowest BCUT2D eigenvalue weighted by Crippen LogP contribution is -2.30. The van der Waals surface area contributed by atoms with Gasteiger partial charge in [0, 0.05) is 24.6 Å². The van der Waals surface area contributed by atoms with Crippen LogP contribution in [-0.2, 0) is 4.79 Å². The monoisotopic (exact) mass is 287 g/mol. The van der Waals surface area contributed by atoms with Gasteiger partial charge in [-0.2, -0.15) is 0 Å². The van der Waals surface area contributed by atoms with Crippen molar-refractivity contribution in [2.75, 3.05) is 6.54 Å². The first-order chi connectivity index (χ1) is 9.84. The standard InChI is InChI=1S/C15H17N3OS/c19-14-13(8-4-5-9-16-14)20-15-17-10-11-18(15)12-6-2-1-3-7-12/h1-3,6-7,10-11,13H,4-5,8-9H2,(H,16,19)/t13-/m1/s1. The maximum Gasteiger partial charge on any atom is 0.233 e. The second-order valence-corrected chi connectivity index (χ2v) is 5.98. The molecule has 20 heavy (non-hydrogen) atoms. The van der Waals surface area contributed by atoms with Gasteiger partial charge in [0.25, 0.3) is 0 Å². The van der Waals surface area contributed by atoms with Crippen molar-refractivity contribution in [2.45, 2.75) is 29.7 Å². The van der Waals surface area contributed by atoms with Crippen molar-refractivity contribution < 1.29 is 4.79 Å². The van der Waals surface area contributed by atoms with Gasteiger partial charge in [-0.3, -0.25) is 9.36 Å². The first kappa shape index (κ1) is 13.2. The Bertz CT molecular complexity index is 582. The number of carbonyl (C=O) groups is 1. The molecule has 0 aliphatic carbocycles. The van der Waals surface area contributed by atoms with Gasteiger partial charge in [0.2, 0.25) is 5.91 Å². The molecule has 5 heteroatoms. The van der Waals surface area contributed by atoms with E-state index in [-0.39, 0.29) is 11.2 Å². The van der Waals surface area contributed by atoms with Crippen molar-refractivity contribution >= 4 is 17.7 Å². The number of imidazole rings is 1. The number of nitrogens with one attached hydrogen (secondary N) is 1. The van der Waals surface area contributed by atoms with Crippen LogP contribution >= 0.6 is 11.8 Å². The lowest BCUT2D eigenvalue weighted by molar-refractivity contribution is -0.120. The van der Waals surface area contributed by atoms with Gasteiger partial charge >= 0.3 is 0 Å². The molecule has 1 aliphatic rings. The van der Waals surface area contributed by atoms with E-state index in [0.29, 0.717) is 0 Å². The molecule has 2 heterocycles. The number of rotatable bonds is 3. The van der Waals surface area contributed by atoms with E-state index in [9.17, 15) is 4.79 Å². The Labute approximate surface area is 122 Å². The topological polar surface area (TPSA) is 46.9 Å². The van der Waals surface area contributed by atoms with E-state index in [4.69, 9.17) is 0 Å². The van der Waals surface area contributed by atoms with E-state index in [0.717, 1.165) is 36.7 Å². The van der Waals surface area contributed by atoms with Crippen molar-refractivity contribution in [2.24, 2.45) is 0 Å². The molecule has 1 aromatic carbocycles. The van der Waals surface area contributed by atoms with E-state index < -0.39 is 0 Å². The van der Waals surface area contributed by atoms with Gasteiger partial charge in [-0.15, -0.1) is 0 Å². The zero-order chi connectivity index (χ0) is 13.8. The number of amides is 1. The molecule has 0 saturated carbocycles. The first-order valence-corrected chi connectivity index (χ1v) is 7.76. The normalized spacial score (nSPS) is 19.4. The molecular weight excluding hydrogens is 270 g/mol. The van der Waals surface area contributed by atoms with E-state index in [1.54, 1.807) is 18.0 Å². The highest BCUT2D eigenvalue weighted by Crippen LogP contribution is 2.28. The summed E-state index contributed by atoms with van der Waals surface area (Å²) in [6.45, 7) is 0.795. The van der Waals surface area contributed by atoms with Crippen LogP contribution in [0.1, 0.15) is 19.3 Å². The van der Waals surface area contributed by atoms with Gasteiger partial charge in [-0.05, 0) is 25.0 Å². The van der Waals surface area contributed by atoms with Crippen molar-refractivity contribution in [3.8, 4) is 5.69 Å². The number of para-hydroxylation sites is 1. The molecule has 1 aromatic heterocycles. The van der Waals surface area contributed by atoms with Crippen molar-refractivity contribution in [3.63, 3.8) is 0 Å². The molecule has 1 N–H and O–H groups in total. The molecule has 104 valence electrons. The van der Waals surface area contributed by atoms with Crippen molar-refractivity contribution in [1.29, 1.82) is 0 Å². The van der Waals surface area contributed by atoms with Crippen LogP contribution in [0.15, 0.2) is 47.9 Å². The molecule has 1 atom stereocenters. The van der Waals surface area contributed by atoms with Gasteiger partial charge in [-0.1, -0.05) is 36.4 Å². The van der Waals surface area contributed by atoms with Gasteiger partial charge in [-0.25, -0.2) is 4.98 Å². The van der Waals surface area contributed by atoms with Crippen LogP contribution in [0.25, 0.3) is 5.69 Å². The lowest BCUT2D eigenvalue weighted by atomic mass is 10.2. The summed E-state index contributed by atoms with van der Waals surface area (Å²) in [7, 11) is 0. The molecule has 4 nitrogen and oxygen atoms in total. The van der Waals surface area contributed by atoms with E-state index in [1.165, 1.54) is 0 Å². The fourth-order valence-corrected chi connectivity index (χ4v) is 3.44. The average molecular weight is 287 g/mol. The summed E-state index contributed by atoms with van der Waals surface area (Å²) in [5.74, 6) is 0.134. The highest BCUT2D eigenvalue weighted by molar-refractivity contribution is 8.00. The summed E-state index contributed by atoms with van der Waals surface area (Å²) in [4.78, 5) is 16.4. The Morgan fingerprint density at radius 2 is 2.10 bits per heavy atom. The number of aromatic nitrogens is 2. The summed E-state index contributed by atoms with van der Waals surface area (Å²) < 4.78 is 2.03. The third kappa shape index (κ3) is 2.88. The molecule has 0 bridgehead atoms. The van der Waals surface area contributed by atoms with Gasteiger partial charge in [0.15, 0.2) is 5.16 Å². The van der Waals surface area contributed by atoms with Crippen LogP contribution in [0, 0.1) is 0 Å². The fourth-order valence-electron chi connectivity index (χ4n) is 2.31. The highest BCUT2D eigenvalue weighted by atomic mass is 32.2. The summed E-state index contributed by atoms with van der Waals surface area (Å²) in [5, 5.41) is 3.80. The van der Waals surface area contributed by atoms with Crippen LogP contribution in [-0.4, -0.2) is 27.3 Å². The quantitative estimate of drug-likeness (QED) is 0.944. The number of thioether (sulfide) groups is 1. The second-order valence-electron chi connectivity index (χ2n) is 4.81. The molecule has 0 unspecified atom stereocenters. The van der Waals surface area contributed by atoms with Gasteiger partial charge < -0.3 is 5.32 Å². The number of nitrogens with zero attached hydrogens (tertiary/aromatic N) is 2. The number of hydrogen-bond acceptors (Lipinski definition) is 3. The molecule has 1 fully saturated rings. The minimum absolute atomic E-state index is 0.0395. The SMILES string of the molecule is O=C1NCCCC[C@H]1Sc1nccn1-c1ccccc1. The van der Waals surface area contributed by atoms with Crippen LogP contribution in [0.2, 0.25) is 0 Å². The van der Waals surface area contributed by atoms with Crippen LogP contribution in [0.4, 0.5) is 0 Å². The van der Waals surface area contributed by atoms with E-state index >= 15 is 0 Å². The Kier molecular flexibility index (Phi) is 4.06. The third-order valence-electron chi connectivity index (χ3n) is 3.37. The summed E-state index contributed by atoms with van der Waals surface area (Å²) >= 11 is 1.55. The molecule has 1 saturated heterocycles. The molecule has 0 spiro atoms. The van der Waals surface area contributed by atoms with Crippen LogP contribution < -0.4 is 5.32 Å².